The normalized spacial score (nSPS) is 12.5. The van der Waals surface area contributed by atoms with Gasteiger partial charge < -0.3 is 11.5 Å². The van der Waals surface area contributed by atoms with E-state index in [-0.39, 0.29) is 17.5 Å². The molecule has 1 atom stereocenters. The summed E-state index contributed by atoms with van der Waals surface area (Å²) in [4.78, 5) is 22.8. The minimum atomic E-state index is -0.165. The summed E-state index contributed by atoms with van der Waals surface area (Å²) in [5, 5.41) is 0. The highest BCUT2D eigenvalue weighted by Crippen LogP contribution is 2.10. The molecule has 0 rings (SSSR count). The van der Waals surface area contributed by atoms with Crippen LogP contribution in [0, 0.1) is 5.92 Å². The van der Waals surface area contributed by atoms with Crippen molar-refractivity contribution in [3.63, 3.8) is 0 Å². The number of Topliss-reactive ketones (excluding diaryl/α,β-unsaturated/α-hetero) is 2. The molecule has 0 aliphatic rings. The van der Waals surface area contributed by atoms with Crippen LogP contribution < -0.4 is 11.5 Å². The summed E-state index contributed by atoms with van der Waals surface area (Å²) in [6, 6.07) is 0. The zero-order valence-corrected chi connectivity index (χ0v) is 9.50. The van der Waals surface area contributed by atoms with Crippen LogP contribution in [-0.2, 0) is 9.59 Å². The summed E-state index contributed by atoms with van der Waals surface area (Å²) in [5.74, 6) is 0.109. The van der Waals surface area contributed by atoms with Crippen molar-refractivity contribution in [3.8, 4) is 0 Å². The first-order valence-corrected chi connectivity index (χ1v) is 5.56. The molecule has 4 N–H and O–H groups in total. The maximum absolute atomic E-state index is 11.5. The van der Waals surface area contributed by atoms with E-state index in [1.54, 1.807) is 6.92 Å². The Morgan fingerprint density at radius 2 is 1.60 bits per heavy atom. The third kappa shape index (κ3) is 7.22. The Morgan fingerprint density at radius 3 is 2.13 bits per heavy atom. The third-order valence-corrected chi connectivity index (χ3v) is 2.37. The maximum Gasteiger partial charge on any atom is 0.136 e. The predicted octanol–water partition coefficient (Wildman–Crippen LogP) is 0.629. The highest BCUT2D eigenvalue weighted by Gasteiger charge is 2.15. The lowest BCUT2D eigenvalue weighted by Crippen LogP contribution is -2.17. The van der Waals surface area contributed by atoms with E-state index in [2.05, 4.69) is 0 Å². The molecule has 0 heterocycles. The summed E-state index contributed by atoms with van der Waals surface area (Å²) in [7, 11) is 0. The average Bonchev–Trinajstić information content (AvgIpc) is 2.22. The van der Waals surface area contributed by atoms with Gasteiger partial charge in [-0.25, -0.2) is 0 Å². The molecule has 0 radical (unpaired) electrons. The van der Waals surface area contributed by atoms with Crippen molar-refractivity contribution >= 4 is 11.6 Å². The van der Waals surface area contributed by atoms with Gasteiger partial charge in [0, 0.05) is 25.2 Å². The third-order valence-electron chi connectivity index (χ3n) is 2.37. The minimum Gasteiger partial charge on any atom is -0.330 e. The first-order valence-electron chi connectivity index (χ1n) is 5.56. The van der Waals surface area contributed by atoms with Crippen molar-refractivity contribution in [3.05, 3.63) is 0 Å². The van der Waals surface area contributed by atoms with Gasteiger partial charge in [0.1, 0.15) is 11.6 Å². The zero-order chi connectivity index (χ0) is 11.7. The molecular weight excluding hydrogens is 192 g/mol. The number of hydrogen-bond donors (Lipinski definition) is 2. The van der Waals surface area contributed by atoms with Crippen LogP contribution in [0.2, 0.25) is 0 Å². The Morgan fingerprint density at radius 1 is 1.07 bits per heavy atom. The van der Waals surface area contributed by atoms with Crippen molar-refractivity contribution < 1.29 is 9.59 Å². The fraction of sp³-hybridized carbons (Fsp3) is 0.818. The van der Waals surface area contributed by atoms with Crippen molar-refractivity contribution in [1.82, 2.24) is 0 Å². The fourth-order valence-electron chi connectivity index (χ4n) is 1.38. The van der Waals surface area contributed by atoms with E-state index in [0.717, 1.165) is 0 Å². The summed E-state index contributed by atoms with van der Waals surface area (Å²) in [5.41, 5.74) is 10.6. The second kappa shape index (κ2) is 8.56. The topological polar surface area (TPSA) is 86.2 Å². The lowest BCUT2D eigenvalue weighted by Gasteiger charge is -2.08. The van der Waals surface area contributed by atoms with E-state index in [1.807, 2.05) is 0 Å². The van der Waals surface area contributed by atoms with Crippen LogP contribution in [0.15, 0.2) is 0 Å². The second-order valence-electron chi connectivity index (χ2n) is 3.89. The fourth-order valence-corrected chi connectivity index (χ4v) is 1.38. The Kier molecular flexibility index (Phi) is 8.14. The molecule has 88 valence electrons. The van der Waals surface area contributed by atoms with Gasteiger partial charge in [-0.05, 0) is 25.9 Å². The van der Waals surface area contributed by atoms with Crippen molar-refractivity contribution in [2.45, 2.75) is 39.0 Å². The number of carbonyl (C=O) groups is 2. The number of hydrogen-bond acceptors (Lipinski definition) is 4. The highest BCUT2D eigenvalue weighted by atomic mass is 16.1. The molecule has 0 aliphatic carbocycles. The van der Waals surface area contributed by atoms with Gasteiger partial charge >= 0.3 is 0 Å². The molecule has 15 heavy (non-hydrogen) atoms. The molecule has 0 spiro atoms. The van der Waals surface area contributed by atoms with Gasteiger partial charge in [-0.3, -0.25) is 9.59 Å². The Labute approximate surface area is 91.4 Å². The smallest absolute Gasteiger partial charge is 0.136 e. The number of carbonyl (C=O) groups excluding carboxylic acids is 2. The second-order valence-corrected chi connectivity index (χ2v) is 3.89. The van der Waals surface area contributed by atoms with Crippen LogP contribution >= 0.6 is 0 Å². The van der Waals surface area contributed by atoms with Gasteiger partial charge in [0.25, 0.3) is 0 Å². The van der Waals surface area contributed by atoms with Crippen LogP contribution in [0.3, 0.4) is 0 Å². The Bertz CT molecular complexity index is 205. The molecule has 0 aliphatic heterocycles. The SMILES string of the molecule is CC(CC(=O)CCCN)C(=O)CCCN. The van der Waals surface area contributed by atoms with E-state index in [1.165, 1.54) is 0 Å². The van der Waals surface area contributed by atoms with Crippen LogP contribution in [0.1, 0.15) is 39.0 Å². The van der Waals surface area contributed by atoms with Gasteiger partial charge in [-0.1, -0.05) is 6.92 Å². The van der Waals surface area contributed by atoms with Crippen LogP contribution in [-0.4, -0.2) is 24.7 Å². The van der Waals surface area contributed by atoms with Crippen LogP contribution in [0.5, 0.6) is 0 Å². The van der Waals surface area contributed by atoms with E-state index >= 15 is 0 Å². The summed E-state index contributed by atoms with van der Waals surface area (Å²) in [6.07, 6.45) is 2.75. The molecule has 0 aromatic carbocycles. The molecule has 4 heteroatoms. The Balaban J connectivity index is 3.75. The minimum absolute atomic E-state index is 0.133. The van der Waals surface area contributed by atoms with Gasteiger partial charge in [0.2, 0.25) is 0 Å². The maximum atomic E-state index is 11.5. The highest BCUT2D eigenvalue weighted by molar-refractivity contribution is 5.87. The first-order chi connectivity index (χ1) is 7.11. The van der Waals surface area contributed by atoms with Crippen molar-refractivity contribution in [2.75, 3.05) is 13.1 Å². The van der Waals surface area contributed by atoms with E-state index in [9.17, 15) is 9.59 Å². The quantitative estimate of drug-likeness (QED) is 0.589. The zero-order valence-electron chi connectivity index (χ0n) is 9.50. The number of rotatable bonds is 9. The van der Waals surface area contributed by atoms with Crippen LogP contribution in [0.4, 0.5) is 0 Å². The van der Waals surface area contributed by atoms with Gasteiger partial charge in [0.05, 0.1) is 0 Å². The van der Waals surface area contributed by atoms with Crippen LogP contribution in [0.25, 0.3) is 0 Å². The number of nitrogens with two attached hydrogens (primary N) is 2. The molecular formula is C11H22N2O2. The summed E-state index contributed by atoms with van der Waals surface area (Å²) >= 11 is 0. The van der Waals surface area contributed by atoms with Crippen molar-refractivity contribution in [2.24, 2.45) is 17.4 Å². The lowest BCUT2D eigenvalue weighted by atomic mass is 9.95. The molecule has 0 aromatic heterocycles. The summed E-state index contributed by atoms with van der Waals surface area (Å²) in [6.45, 7) is 2.86. The molecule has 0 saturated heterocycles. The standard InChI is InChI=1S/C11H22N2O2/c1-9(11(15)5-3-7-13)8-10(14)4-2-6-12/h9H,2-8,12-13H2,1H3. The first kappa shape index (κ1) is 14.3. The molecule has 0 fully saturated rings. The molecule has 0 bridgehead atoms. The van der Waals surface area contributed by atoms with E-state index < -0.39 is 0 Å². The molecule has 4 nitrogen and oxygen atoms in total. The molecule has 0 amide bonds. The van der Waals surface area contributed by atoms with E-state index in [0.29, 0.717) is 45.2 Å². The van der Waals surface area contributed by atoms with E-state index in [4.69, 9.17) is 11.5 Å². The van der Waals surface area contributed by atoms with Gasteiger partial charge in [-0.2, -0.15) is 0 Å². The van der Waals surface area contributed by atoms with Gasteiger partial charge in [-0.15, -0.1) is 0 Å². The predicted molar refractivity (Wildman–Crippen MR) is 60.4 cm³/mol. The largest absolute Gasteiger partial charge is 0.330 e. The Hall–Kier alpha value is -0.740. The molecule has 1 unspecified atom stereocenters. The molecule has 0 saturated carbocycles. The summed E-state index contributed by atoms with van der Waals surface area (Å²) < 4.78 is 0. The lowest BCUT2D eigenvalue weighted by molar-refractivity contribution is -0.127. The monoisotopic (exact) mass is 214 g/mol. The number of ketones is 2. The van der Waals surface area contributed by atoms with Gasteiger partial charge in [0.15, 0.2) is 0 Å². The molecule has 0 aromatic rings. The van der Waals surface area contributed by atoms with Crippen molar-refractivity contribution in [1.29, 1.82) is 0 Å². The average molecular weight is 214 g/mol.